The van der Waals surface area contributed by atoms with E-state index in [9.17, 15) is 0 Å². The van der Waals surface area contributed by atoms with Crippen molar-refractivity contribution < 1.29 is 5.21 Å². The molecule has 4 N–H and O–H groups in total. The smallest absolute Gasteiger partial charge is 0.143 e. The zero-order valence-corrected chi connectivity index (χ0v) is 10.4. The first kappa shape index (κ1) is 13.5. The third-order valence-electron chi connectivity index (χ3n) is 2.90. The largest absolute Gasteiger partial charge is 0.409 e. The molecular formula is C13H21N3O. The number of rotatable bonds is 6. The molecule has 0 aromatic heterocycles. The van der Waals surface area contributed by atoms with Crippen LogP contribution in [0.15, 0.2) is 35.5 Å². The summed E-state index contributed by atoms with van der Waals surface area (Å²) in [5.41, 5.74) is 6.81. The van der Waals surface area contributed by atoms with Gasteiger partial charge >= 0.3 is 0 Å². The van der Waals surface area contributed by atoms with Crippen LogP contribution in [-0.2, 0) is 0 Å². The molecule has 1 rings (SSSR count). The lowest BCUT2D eigenvalue weighted by Gasteiger charge is -2.19. The van der Waals surface area contributed by atoms with E-state index >= 15 is 0 Å². The van der Waals surface area contributed by atoms with E-state index in [1.54, 1.807) is 0 Å². The van der Waals surface area contributed by atoms with Crippen molar-refractivity contribution in [2.75, 3.05) is 6.54 Å². The first-order valence-electron chi connectivity index (χ1n) is 5.94. The normalized spacial score (nSPS) is 15.5. The molecule has 94 valence electrons. The monoisotopic (exact) mass is 235 g/mol. The van der Waals surface area contributed by atoms with E-state index in [1.165, 1.54) is 5.56 Å². The molecule has 1 aromatic carbocycles. The molecule has 0 bridgehead atoms. The van der Waals surface area contributed by atoms with Crippen molar-refractivity contribution in [3.8, 4) is 0 Å². The Morgan fingerprint density at radius 2 is 2.06 bits per heavy atom. The van der Waals surface area contributed by atoms with E-state index in [-0.39, 0.29) is 11.8 Å². The zero-order chi connectivity index (χ0) is 12.7. The Labute approximate surface area is 103 Å². The lowest BCUT2D eigenvalue weighted by atomic mass is 10.0. The summed E-state index contributed by atoms with van der Waals surface area (Å²) in [7, 11) is 0. The highest BCUT2D eigenvalue weighted by atomic mass is 16.4. The second-order valence-electron chi connectivity index (χ2n) is 4.21. The minimum Gasteiger partial charge on any atom is -0.409 e. The number of amidine groups is 1. The standard InChI is InChI=1S/C13H21N3O/c1-3-12(11-7-5-4-6-8-11)15-9-10(2)13(14)16-17/h4-8,10,12,15,17H,3,9H2,1-2H3,(H2,14,16). The highest BCUT2D eigenvalue weighted by molar-refractivity contribution is 5.82. The Morgan fingerprint density at radius 3 is 2.59 bits per heavy atom. The molecule has 0 spiro atoms. The Bertz CT molecular complexity index is 351. The third kappa shape index (κ3) is 4.07. The van der Waals surface area contributed by atoms with Gasteiger partial charge in [-0.1, -0.05) is 49.3 Å². The van der Waals surface area contributed by atoms with Crippen LogP contribution in [0.4, 0.5) is 0 Å². The number of oxime groups is 1. The average molecular weight is 235 g/mol. The molecule has 0 saturated heterocycles. The lowest BCUT2D eigenvalue weighted by molar-refractivity contribution is 0.313. The van der Waals surface area contributed by atoms with E-state index in [1.807, 2.05) is 25.1 Å². The van der Waals surface area contributed by atoms with Gasteiger partial charge in [-0.25, -0.2) is 0 Å². The van der Waals surface area contributed by atoms with Gasteiger partial charge in [-0.05, 0) is 12.0 Å². The quantitative estimate of drug-likeness (QED) is 0.306. The predicted octanol–water partition coefficient (Wildman–Crippen LogP) is 2.11. The van der Waals surface area contributed by atoms with Crippen molar-refractivity contribution in [2.45, 2.75) is 26.3 Å². The van der Waals surface area contributed by atoms with Gasteiger partial charge in [0.25, 0.3) is 0 Å². The molecule has 0 heterocycles. The number of nitrogens with two attached hydrogens (primary N) is 1. The third-order valence-corrected chi connectivity index (χ3v) is 2.90. The molecule has 1 aromatic rings. The molecule has 2 unspecified atom stereocenters. The van der Waals surface area contributed by atoms with Crippen LogP contribution in [0.2, 0.25) is 0 Å². The Kier molecular flexibility index (Phi) is 5.49. The summed E-state index contributed by atoms with van der Waals surface area (Å²) in [4.78, 5) is 0. The van der Waals surface area contributed by atoms with Gasteiger partial charge in [0.1, 0.15) is 5.84 Å². The number of nitrogens with one attached hydrogen (secondary N) is 1. The van der Waals surface area contributed by atoms with Crippen LogP contribution in [0.5, 0.6) is 0 Å². The number of hydrogen-bond donors (Lipinski definition) is 3. The molecule has 2 atom stereocenters. The van der Waals surface area contributed by atoms with Gasteiger partial charge in [0.2, 0.25) is 0 Å². The van der Waals surface area contributed by atoms with Crippen LogP contribution >= 0.6 is 0 Å². The second-order valence-corrected chi connectivity index (χ2v) is 4.21. The Balaban J connectivity index is 2.54. The van der Waals surface area contributed by atoms with Crippen LogP contribution < -0.4 is 11.1 Å². The Hall–Kier alpha value is -1.55. The maximum Gasteiger partial charge on any atom is 0.143 e. The molecule has 17 heavy (non-hydrogen) atoms. The highest BCUT2D eigenvalue weighted by Crippen LogP contribution is 2.16. The van der Waals surface area contributed by atoms with E-state index in [2.05, 4.69) is 29.5 Å². The summed E-state index contributed by atoms with van der Waals surface area (Å²) in [5.74, 6) is 0.290. The van der Waals surface area contributed by atoms with Crippen molar-refractivity contribution >= 4 is 5.84 Å². The van der Waals surface area contributed by atoms with Crippen LogP contribution in [0.3, 0.4) is 0 Å². The molecule has 0 fully saturated rings. The summed E-state index contributed by atoms with van der Waals surface area (Å²) >= 11 is 0. The van der Waals surface area contributed by atoms with Gasteiger partial charge in [0, 0.05) is 18.5 Å². The van der Waals surface area contributed by atoms with E-state index in [4.69, 9.17) is 10.9 Å². The van der Waals surface area contributed by atoms with Gasteiger partial charge in [-0.15, -0.1) is 0 Å². The fourth-order valence-electron chi connectivity index (χ4n) is 1.71. The molecular weight excluding hydrogens is 214 g/mol. The summed E-state index contributed by atoms with van der Waals surface area (Å²) < 4.78 is 0. The summed E-state index contributed by atoms with van der Waals surface area (Å²) in [6, 6.07) is 10.6. The van der Waals surface area contributed by atoms with Crippen molar-refractivity contribution in [1.82, 2.24) is 5.32 Å². The van der Waals surface area contributed by atoms with Crippen molar-refractivity contribution in [3.63, 3.8) is 0 Å². The number of nitrogens with zero attached hydrogens (tertiary/aromatic N) is 1. The summed E-state index contributed by atoms with van der Waals surface area (Å²) in [5, 5.41) is 15.0. The zero-order valence-electron chi connectivity index (χ0n) is 10.4. The van der Waals surface area contributed by atoms with Gasteiger partial charge < -0.3 is 16.3 Å². The van der Waals surface area contributed by atoms with E-state index < -0.39 is 0 Å². The first-order chi connectivity index (χ1) is 8.19. The van der Waals surface area contributed by atoms with Crippen LogP contribution in [-0.4, -0.2) is 17.6 Å². The van der Waals surface area contributed by atoms with Crippen LogP contribution in [0.25, 0.3) is 0 Å². The number of hydrogen-bond acceptors (Lipinski definition) is 3. The SMILES string of the molecule is CCC(NCC(C)C(N)=NO)c1ccccc1. The highest BCUT2D eigenvalue weighted by Gasteiger charge is 2.12. The molecule has 0 aliphatic heterocycles. The molecule has 0 amide bonds. The molecule has 4 heteroatoms. The fourth-order valence-corrected chi connectivity index (χ4v) is 1.71. The lowest BCUT2D eigenvalue weighted by Crippen LogP contribution is -2.33. The molecule has 0 aliphatic rings. The Morgan fingerprint density at radius 1 is 1.41 bits per heavy atom. The van der Waals surface area contributed by atoms with E-state index in [0.717, 1.165) is 6.42 Å². The minimum atomic E-state index is 0.0257. The average Bonchev–Trinajstić information content (AvgIpc) is 2.39. The van der Waals surface area contributed by atoms with Crippen LogP contribution in [0, 0.1) is 5.92 Å². The van der Waals surface area contributed by atoms with Gasteiger partial charge in [0.15, 0.2) is 0 Å². The molecule has 0 aliphatic carbocycles. The van der Waals surface area contributed by atoms with Crippen molar-refractivity contribution in [3.05, 3.63) is 35.9 Å². The topological polar surface area (TPSA) is 70.6 Å². The summed E-state index contributed by atoms with van der Waals surface area (Å²) in [6.07, 6.45) is 1.01. The first-order valence-corrected chi connectivity index (χ1v) is 5.94. The molecule has 4 nitrogen and oxygen atoms in total. The number of benzene rings is 1. The van der Waals surface area contributed by atoms with Gasteiger partial charge in [-0.2, -0.15) is 0 Å². The maximum atomic E-state index is 8.58. The van der Waals surface area contributed by atoms with E-state index in [0.29, 0.717) is 12.6 Å². The van der Waals surface area contributed by atoms with Crippen LogP contribution in [0.1, 0.15) is 31.9 Å². The minimum absolute atomic E-state index is 0.0257. The second kappa shape index (κ2) is 6.91. The predicted molar refractivity (Wildman–Crippen MR) is 70.0 cm³/mol. The van der Waals surface area contributed by atoms with Gasteiger partial charge in [-0.3, -0.25) is 0 Å². The van der Waals surface area contributed by atoms with Crippen molar-refractivity contribution in [1.29, 1.82) is 0 Å². The summed E-state index contributed by atoms with van der Waals surface area (Å²) in [6.45, 7) is 4.77. The fraction of sp³-hybridized carbons (Fsp3) is 0.462. The maximum absolute atomic E-state index is 8.58. The molecule has 0 saturated carbocycles. The van der Waals surface area contributed by atoms with Crippen molar-refractivity contribution in [2.24, 2.45) is 16.8 Å². The van der Waals surface area contributed by atoms with Gasteiger partial charge in [0.05, 0.1) is 0 Å². The molecule has 0 radical (unpaired) electrons.